The zero-order chi connectivity index (χ0) is 18.8. The van der Waals surface area contributed by atoms with Crippen LogP contribution in [0.15, 0.2) is 60.7 Å². The monoisotopic (exact) mass is 334 g/mol. The minimum atomic E-state index is -0.144. The molecule has 0 unspecified atom stereocenters. The Kier molecular flexibility index (Phi) is 5.57. The molecule has 0 fully saturated rings. The summed E-state index contributed by atoms with van der Waals surface area (Å²) >= 11 is 0. The Hall–Kier alpha value is -2.28. The van der Waals surface area contributed by atoms with Gasteiger partial charge in [-0.15, -0.1) is 0 Å². The Bertz CT molecular complexity index is 741. The molecule has 2 aromatic rings. The molecule has 0 radical (unpaired) electrons. The van der Waals surface area contributed by atoms with Crippen LogP contribution in [-0.2, 0) is 18.3 Å². The first kappa shape index (κ1) is 19.1. The number of hydrogen-bond donors (Lipinski definition) is 1. The molecule has 1 nitrogen and oxygen atoms in total. The van der Waals surface area contributed by atoms with Crippen molar-refractivity contribution in [3.63, 3.8) is 0 Å². The standard InChI is InChI=1S/C24H30O/c1-16(2)12-19-14-21(9-8-18(19)5)24(6,7)22-10-11-23(25)20(15-22)13-17(3)4/h8-11,14-15,25H,1,3,12-13H2,2,4-7H3. The summed E-state index contributed by atoms with van der Waals surface area (Å²) in [6.07, 6.45) is 1.61. The van der Waals surface area contributed by atoms with E-state index >= 15 is 0 Å². The van der Waals surface area contributed by atoms with Crippen LogP contribution in [0, 0.1) is 6.92 Å². The summed E-state index contributed by atoms with van der Waals surface area (Å²) in [5, 5.41) is 10.1. The number of phenolic OH excluding ortho intramolecular Hbond substituents is 1. The highest BCUT2D eigenvalue weighted by atomic mass is 16.3. The molecule has 2 aromatic carbocycles. The molecular formula is C24H30O. The number of aryl methyl sites for hydroxylation is 1. The molecular weight excluding hydrogens is 304 g/mol. The minimum Gasteiger partial charge on any atom is -0.508 e. The van der Waals surface area contributed by atoms with Gasteiger partial charge < -0.3 is 5.11 Å². The second-order valence-electron chi connectivity index (χ2n) is 7.88. The first-order chi connectivity index (χ1) is 11.6. The average molecular weight is 335 g/mol. The Morgan fingerprint density at radius 1 is 0.880 bits per heavy atom. The molecule has 0 spiro atoms. The lowest BCUT2D eigenvalue weighted by Gasteiger charge is -2.28. The summed E-state index contributed by atoms with van der Waals surface area (Å²) in [7, 11) is 0. The third-order valence-electron chi connectivity index (χ3n) is 4.86. The largest absolute Gasteiger partial charge is 0.508 e. The van der Waals surface area contributed by atoms with Gasteiger partial charge in [0.25, 0.3) is 0 Å². The van der Waals surface area contributed by atoms with Gasteiger partial charge in [-0.05, 0) is 67.5 Å². The van der Waals surface area contributed by atoms with E-state index in [1.54, 1.807) is 6.07 Å². The van der Waals surface area contributed by atoms with Crippen molar-refractivity contribution in [2.24, 2.45) is 0 Å². The lowest BCUT2D eigenvalue weighted by Crippen LogP contribution is -2.19. The van der Waals surface area contributed by atoms with Crippen LogP contribution in [-0.4, -0.2) is 5.11 Å². The van der Waals surface area contributed by atoms with E-state index in [1.165, 1.54) is 27.8 Å². The third kappa shape index (κ3) is 4.42. The molecule has 1 heteroatoms. The number of phenols is 1. The van der Waals surface area contributed by atoms with Crippen LogP contribution in [0.2, 0.25) is 0 Å². The van der Waals surface area contributed by atoms with Gasteiger partial charge in [0.15, 0.2) is 0 Å². The third-order valence-corrected chi connectivity index (χ3v) is 4.86. The average Bonchev–Trinajstić information content (AvgIpc) is 2.50. The Balaban J connectivity index is 2.48. The predicted octanol–water partition coefficient (Wildman–Crippen LogP) is 6.26. The predicted molar refractivity (Wildman–Crippen MR) is 108 cm³/mol. The molecule has 0 atom stereocenters. The van der Waals surface area contributed by atoms with Crippen molar-refractivity contribution in [2.75, 3.05) is 0 Å². The first-order valence-corrected chi connectivity index (χ1v) is 8.82. The maximum absolute atomic E-state index is 10.1. The van der Waals surface area contributed by atoms with E-state index in [9.17, 15) is 5.11 Å². The smallest absolute Gasteiger partial charge is 0.119 e. The van der Waals surface area contributed by atoms with Crippen LogP contribution in [0.25, 0.3) is 0 Å². The lowest BCUT2D eigenvalue weighted by atomic mass is 9.76. The summed E-state index contributed by atoms with van der Waals surface area (Å²) in [4.78, 5) is 0. The summed E-state index contributed by atoms with van der Waals surface area (Å²) in [6, 6.07) is 12.7. The van der Waals surface area contributed by atoms with Gasteiger partial charge >= 0.3 is 0 Å². The second kappa shape index (κ2) is 7.31. The number of aromatic hydroxyl groups is 1. The van der Waals surface area contributed by atoms with Crippen molar-refractivity contribution in [3.8, 4) is 5.75 Å². The Labute approximate surface area is 152 Å². The molecule has 1 N–H and O–H groups in total. The fourth-order valence-corrected chi connectivity index (χ4v) is 3.18. The van der Waals surface area contributed by atoms with Crippen LogP contribution in [0.1, 0.15) is 55.5 Å². The molecule has 0 aliphatic rings. The zero-order valence-corrected chi connectivity index (χ0v) is 16.2. The number of hydrogen-bond acceptors (Lipinski definition) is 1. The van der Waals surface area contributed by atoms with Crippen molar-refractivity contribution in [1.29, 1.82) is 0 Å². The van der Waals surface area contributed by atoms with Gasteiger partial charge in [-0.1, -0.05) is 68.5 Å². The fourth-order valence-electron chi connectivity index (χ4n) is 3.18. The van der Waals surface area contributed by atoms with Crippen molar-refractivity contribution >= 4 is 0 Å². The maximum Gasteiger partial charge on any atom is 0.119 e. The lowest BCUT2D eigenvalue weighted by molar-refractivity contribution is 0.468. The van der Waals surface area contributed by atoms with Crippen molar-refractivity contribution in [1.82, 2.24) is 0 Å². The highest BCUT2D eigenvalue weighted by molar-refractivity contribution is 5.47. The van der Waals surface area contributed by atoms with Gasteiger partial charge in [-0.25, -0.2) is 0 Å². The summed E-state index contributed by atoms with van der Waals surface area (Å²) in [5.41, 5.74) is 8.13. The minimum absolute atomic E-state index is 0.144. The topological polar surface area (TPSA) is 20.2 Å². The molecule has 0 saturated carbocycles. The molecule has 2 rings (SSSR count). The van der Waals surface area contributed by atoms with Crippen molar-refractivity contribution < 1.29 is 5.11 Å². The van der Waals surface area contributed by atoms with E-state index < -0.39 is 0 Å². The van der Waals surface area contributed by atoms with Crippen LogP contribution < -0.4 is 0 Å². The zero-order valence-electron chi connectivity index (χ0n) is 16.2. The summed E-state index contributed by atoms with van der Waals surface area (Å²) in [5.74, 6) is 0.342. The molecule has 0 aliphatic carbocycles. The molecule has 0 amide bonds. The highest BCUT2D eigenvalue weighted by Gasteiger charge is 2.24. The first-order valence-electron chi connectivity index (χ1n) is 8.82. The normalized spacial score (nSPS) is 11.4. The van der Waals surface area contributed by atoms with Gasteiger partial charge in [0.1, 0.15) is 5.75 Å². The molecule has 0 saturated heterocycles. The van der Waals surface area contributed by atoms with Crippen LogP contribution in [0.3, 0.4) is 0 Å². The number of allylic oxidation sites excluding steroid dienone is 2. The van der Waals surface area contributed by atoms with Crippen LogP contribution in [0.4, 0.5) is 0 Å². The summed E-state index contributed by atoms with van der Waals surface area (Å²) < 4.78 is 0. The molecule has 132 valence electrons. The SMILES string of the molecule is C=C(C)Cc1cc(C(C)(C)c2ccc(O)c(CC(=C)C)c2)ccc1C. The molecule has 25 heavy (non-hydrogen) atoms. The summed E-state index contributed by atoms with van der Waals surface area (Å²) in [6.45, 7) is 18.7. The van der Waals surface area contributed by atoms with E-state index in [-0.39, 0.29) is 5.41 Å². The number of benzene rings is 2. The van der Waals surface area contributed by atoms with E-state index in [2.05, 4.69) is 65.1 Å². The van der Waals surface area contributed by atoms with Crippen LogP contribution >= 0.6 is 0 Å². The van der Waals surface area contributed by atoms with Gasteiger partial charge in [-0.3, -0.25) is 0 Å². The van der Waals surface area contributed by atoms with Gasteiger partial charge in [0.2, 0.25) is 0 Å². The molecule has 0 heterocycles. The Morgan fingerprint density at radius 3 is 1.92 bits per heavy atom. The molecule has 0 aromatic heterocycles. The Morgan fingerprint density at radius 2 is 1.36 bits per heavy atom. The number of rotatable bonds is 6. The van der Waals surface area contributed by atoms with E-state index in [0.717, 1.165) is 17.6 Å². The molecule has 0 aliphatic heterocycles. The van der Waals surface area contributed by atoms with E-state index in [0.29, 0.717) is 12.2 Å². The molecule has 0 bridgehead atoms. The fraction of sp³-hybridized carbons (Fsp3) is 0.333. The second-order valence-corrected chi connectivity index (χ2v) is 7.88. The van der Waals surface area contributed by atoms with Gasteiger partial charge in [-0.2, -0.15) is 0 Å². The van der Waals surface area contributed by atoms with Crippen molar-refractivity contribution in [2.45, 2.75) is 52.9 Å². The van der Waals surface area contributed by atoms with Gasteiger partial charge in [0.05, 0.1) is 0 Å². The highest BCUT2D eigenvalue weighted by Crippen LogP contribution is 2.35. The van der Waals surface area contributed by atoms with E-state index in [1.807, 2.05) is 13.0 Å². The van der Waals surface area contributed by atoms with Gasteiger partial charge in [0, 0.05) is 5.41 Å². The quantitative estimate of drug-likeness (QED) is 0.618. The van der Waals surface area contributed by atoms with E-state index in [4.69, 9.17) is 0 Å². The van der Waals surface area contributed by atoms with Crippen molar-refractivity contribution in [3.05, 3.63) is 88.5 Å². The maximum atomic E-state index is 10.1. The van der Waals surface area contributed by atoms with Crippen LogP contribution in [0.5, 0.6) is 5.75 Å².